The van der Waals surface area contributed by atoms with Crippen LogP contribution in [0.25, 0.3) is 71.9 Å². The van der Waals surface area contributed by atoms with E-state index in [1.54, 1.807) is 12.4 Å². The van der Waals surface area contributed by atoms with Crippen LogP contribution in [0, 0.1) is 0 Å². The van der Waals surface area contributed by atoms with E-state index in [4.69, 9.17) is 0 Å². The smallest absolute Gasteiger partial charge is 0.0548 e. The SMILES string of the molecule is C=N/C=C(\C=C/C)c1ccc(N(c2ccc(-c3cccnc3)cc2)c2ccc(-c3ccc4c(c3)c3cc5c(ccn5-c5ccccc5)cc3n4-c3ccccc3)cc2)cc1. The van der Waals surface area contributed by atoms with Gasteiger partial charge in [-0.25, -0.2) is 0 Å². The van der Waals surface area contributed by atoms with Gasteiger partial charge in [0.2, 0.25) is 0 Å². The Hall–Kier alpha value is -8.02. The predicted molar refractivity (Wildman–Crippen MR) is 253 cm³/mol. The molecule has 0 spiro atoms. The molecule has 10 aromatic rings. The fourth-order valence-electron chi connectivity index (χ4n) is 8.38. The molecule has 5 nitrogen and oxygen atoms in total. The van der Waals surface area contributed by atoms with E-state index in [-0.39, 0.29) is 0 Å². The lowest BCUT2D eigenvalue weighted by molar-refractivity contribution is 1.13. The van der Waals surface area contributed by atoms with Crippen LogP contribution in [0.1, 0.15) is 12.5 Å². The summed E-state index contributed by atoms with van der Waals surface area (Å²) < 4.78 is 4.68. The summed E-state index contributed by atoms with van der Waals surface area (Å²) in [6, 6.07) is 65.3. The second-order valence-corrected chi connectivity index (χ2v) is 14.8. The van der Waals surface area contributed by atoms with Crippen molar-refractivity contribution in [1.82, 2.24) is 14.1 Å². The van der Waals surface area contributed by atoms with Gasteiger partial charge in [0, 0.05) is 69.4 Å². The van der Waals surface area contributed by atoms with Crippen LogP contribution in [-0.2, 0) is 0 Å². The van der Waals surface area contributed by atoms with Crippen LogP contribution in [0.15, 0.2) is 224 Å². The summed E-state index contributed by atoms with van der Waals surface area (Å²) in [5.41, 5.74) is 15.6. The molecule has 0 saturated carbocycles. The number of para-hydroxylation sites is 2. The van der Waals surface area contributed by atoms with Gasteiger partial charge in [-0.3, -0.25) is 9.98 Å². The zero-order valence-corrected chi connectivity index (χ0v) is 33.2. The summed E-state index contributed by atoms with van der Waals surface area (Å²) in [4.78, 5) is 10.7. The van der Waals surface area contributed by atoms with Crippen molar-refractivity contribution in [3.8, 4) is 33.6 Å². The van der Waals surface area contributed by atoms with E-state index in [0.29, 0.717) is 0 Å². The molecular weight excluding hydrogens is 731 g/mol. The van der Waals surface area contributed by atoms with Crippen molar-refractivity contribution < 1.29 is 0 Å². The molecule has 0 unspecified atom stereocenters. The molecule has 10 rings (SSSR count). The highest BCUT2D eigenvalue weighted by atomic mass is 15.1. The summed E-state index contributed by atoms with van der Waals surface area (Å²) in [6.45, 7) is 5.69. The first-order valence-electron chi connectivity index (χ1n) is 20.2. The molecule has 0 amide bonds. The number of allylic oxidation sites excluding steroid dienone is 3. The first-order valence-corrected chi connectivity index (χ1v) is 20.2. The molecule has 0 atom stereocenters. The van der Waals surface area contributed by atoms with E-state index in [0.717, 1.165) is 61.8 Å². The Morgan fingerprint density at radius 3 is 1.82 bits per heavy atom. The Morgan fingerprint density at radius 2 is 1.18 bits per heavy atom. The third-order valence-electron chi connectivity index (χ3n) is 11.2. The number of rotatable bonds is 10. The van der Waals surface area contributed by atoms with Gasteiger partial charge in [0.15, 0.2) is 0 Å². The molecule has 0 aliphatic carbocycles. The zero-order valence-electron chi connectivity index (χ0n) is 33.2. The van der Waals surface area contributed by atoms with Gasteiger partial charge < -0.3 is 14.0 Å². The minimum Gasteiger partial charge on any atom is -0.317 e. The average Bonchev–Trinajstić information content (AvgIpc) is 3.88. The van der Waals surface area contributed by atoms with E-state index < -0.39 is 0 Å². The van der Waals surface area contributed by atoms with Crippen molar-refractivity contribution in [2.24, 2.45) is 4.99 Å². The molecule has 286 valence electrons. The summed E-state index contributed by atoms with van der Waals surface area (Å²) >= 11 is 0. The maximum atomic E-state index is 4.33. The first kappa shape index (κ1) is 36.3. The lowest BCUT2D eigenvalue weighted by Gasteiger charge is -2.26. The Labute approximate surface area is 349 Å². The van der Waals surface area contributed by atoms with Crippen LogP contribution in [0.2, 0.25) is 0 Å². The highest BCUT2D eigenvalue weighted by Crippen LogP contribution is 2.40. The Morgan fingerprint density at radius 1 is 0.567 bits per heavy atom. The molecule has 5 heteroatoms. The van der Waals surface area contributed by atoms with Gasteiger partial charge in [-0.2, -0.15) is 0 Å². The van der Waals surface area contributed by atoms with Crippen LogP contribution in [0.5, 0.6) is 0 Å². The highest BCUT2D eigenvalue weighted by Gasteiger charge is 2.18. The molecule has 0 bridgehead atoms. The third-order valence-corrected chi connectivity index (χ3v) is 11.2. The van der Waals surface area contributed by atoms with Gasteiger partial charge >= 0.3 is 0 Å². The Kier molecular flexibility index (Phi) is 9.52. The average molecular weight is 772 g/mol. The molecule has 0 saturated heterocycles. The molecule has 60 heavy (non-hydrogen) atoms. The summed E-state index contributed by atoms with van der Waals surface area (Å²) in [5, 5.41) is 3.64. The second-order valence-electron chi connectivity index (χ2n) is 14.8. The van der Waals surface area contributed by atoms with Crippen molar-refractivity contribution in [2.45, 2.75) is 6.92 Å². The highest BCUT2D eigenvalue weighted by molar-refractivity contribution is 6.14. The van der Waals surface area contributed by atoms with Crippen molar-refractivity contribution >= 4 is 62.1 Å². The van der Waals surface area contributed by atoms with Crippen molar-refractivity contribution in [1.29, 1.82) is 0 Å². The van der Waals surface area contributed by atoms with E-state index >= 15 is 0 Å². The largest absolute Gasteiger partial charge is 0.317 e. The summed E-state index contributed by atoms with van der Waals surface area (Å²) in [7, 11) is 0. The Bertz CT molecular complexity index is 3170. The number of pyridine rings is 1. The molecule has 0 aliphatic heterocycles. The molecule has 0 aliphatic rings. The van der Waals surface area contributed by atoms with E-state index in [2.05, 4.69) is 219 Å². The summed E-state index contributed by atoms with van der Waals surface area (Å²) in [6.07, 6.45) is 11.7. The molecular formula is C55H41N5. The van der Waals surface area contributed by atoms with Crippen molar-refractivity contribution in [3.63, 3.8) is 0 Å². The van der Waals surface area contributed by atoms with Crippen LogP contribution in [0.3, 0.4) is 0 Å². The third kappa shape index (κ3) is 6.68. The number of benzene rings is 7. The fraction of sp³-hybridized carbons (Fsp3) is 0.0182. The van der Waals surface area contributed by atoms with Crippen molar-refractivity contribution in [3.05, 3.63) is 224 Å². The quantitative estimate of drug-likeness (QED) is 0.103. The minimum absolute atomic E-state index is 1.01. The number of hydrogen-bond donors (Lipinski definition) is 0. The molecule has 3 aromatic heterocycles. The molecule has 0 N–H and O–H groups in total. The normalized spacial score (nSPS) is 11.8. The second kappa shape index (κ2) is 15.7. The first-order chi connectivity index (χ1) is 29.7. The fourth-order valence-corrected chi connectivity index (χ4v) is 8.38. The van der Waals surface area contributed by atoms with Gasteiger partial charge in [-0.15, -0.1) is 0 Å². The van der Waals surface area contributed by atoms with E-state index in [1.165, 1.54) is 32.7 Å². The van der Waals surface area contributed by atoms with Gasteiger partial charge in [-0.05, 0) is 144 Å². The molecule has 7 aromatic carbocycles. The van der Waals surface area contributed by atoms with E-state index in [1.807, 2.05) is 25.3 Å². The van der Waals surface area contributed by atoms with Crippen LogP contribution >= 0.6 is 0 Å². The van der Waals surface area contributed by atoms with E-state index in [9.17, 15) is 0 Å². The summed E-state index contributed by atoms with van der Waals surface area (Å²) in [5.74, 6) is 0. The van der Waals surface area contributed by atoms with Crippen LogP contribution < -0.4 is 4.90 Å². The van der Waals surface area contributed by atoms with Crippen LogP contribution in [-0.4, -0.2) is 20.8 Å². The number of aliphatic imine (C=N–C) groups is 1. The molecule has 0 radical (unpaired) electrons. The van der Waals surface area contributed by atoms with Gasteiger partial charge in [0.1, 0.15) is 0 Å². The van der Waals surface area contributed by atoms with Gasteiger partial charge in [0.05, 0.1) is 16.6 Å². The lowest BCUT2D eigenvalue weighted by atomic mass is 10.0. The monoisotopic (exact) mass is 771 g/mol. The van der Waals surface area contributed by atoms with Crippen molar-refractivity contribution in [2.75, 3.05) is 4.90 Å². The lowest BCUT2D eigenvalue weighted by Crippen LogP contribution is -2.10. The number of anilines is 3. The maximum absolute atomic E-state index is 4.33. The molecule has 3 heterocycles. The van der Waals surface area contributed by atoms with Gasteiger partial charge in [-0.1, -0.05) is 97.1 Å². The minimum atomic E-state index is 1.01. The van der Waals surface area contributed by atoms with Crippen LogP contribution in [0.4, 0.5) is 17.1 Å². The zero-order chi connectivity index (χ0) is 40.4. The number of hydrogen-bond acceptors (Lipinski definition) is 3. The standard InChI is InChI=1S/C55H41N5/c1-3-11-44(37-56-2)40-19-26-49(27-20-40)59(50-28-21-41(22-29-50)45-12-10-32-57-38-45)48-24-17-39(18-25-48)42-23-30-53-51(34-42)52-36-54-43(31-33-58(54)46-13-6-4-7-14-46)35-55(52)60(53)47-15-8-5-9-16-47/h3-38H,2H2,1H3/b11-3-,44-37+. The Balaban J connectivity index is 1.07. The number of fused-ring (bicyclic) bond motifs is 4. The van der Waals surface area contributed by atoms with Gasteiger partial charge in [0.25, 0.3) is 0 Å². The molecule has 0 fully saturated rings. The predicted octanol–water partition coefficient (Wildman–Crippen LogP) is 14.5. The topological polar surface area (TPSA) is 38.4 Å². The number of aromatic nitrogens is 3. The maximum Gasteiger partial charge on any atom is 0.0548 e. The number of nitrogens with zero attached hydrogens (tertiary/aromatic N) is 5.